The molecule has 2 aromatic rings. The van der Waals surface area contributed by atoms with E-state index in [1.807, 2.05) is 0 Å². The molecule has 1 aromatic carbocycles. The van der Waals surface area contributed by atoms with Crippen LogP contribution in [0.1, 0.15) is 82.1 Å². The third-order valence-electron chi connectivity index (χ3n) is 7.59. The summed E-state index contributed by atoms with van der Waals surface area (Å²) in [6, 6.07) is 5.12. The summed E-state index contributed by atoms with van der Waals surface area (Å²) in [5.41, 5.74) is 4.85. The zero-order chi connectivity index (χ0) is 21.4. The minimum absolute atomic E-state index is 0.218. The average Bonchev–Trinajstić information content (AvgIpc) is 3.17. The molecule has 168 valence electrons. The number of aromatic nitrogens is 2. The van der Waals surface area contributed by atoms with Gasteiger partial charge in [0, 0.05) is 36.4 Å². The highest BCUT2D eigenvalue weighted by atomic mass is 16.5. The van der Waals surface area contributed by atoms with Crippen LogP contribution >= 0.6 is 0 Å². The number of aliphatic carboxylic acids is 1. The lowest BCUT2D eigenvalue weighted by Gasteiger charge is -2.30. The zero-order valence-electron chi connectivity index (χ0n) is 18.6. The van der Waals surface area contributed by atoms with Crippen molar-refractivity contribution in [2.75, 3.05) is 11.9 Å². The summed E-state index contributed by atoms with van der Waals surface area (Å²) in [7, 11) is 0. The molecule has 5 rings (SSSR count). The molecule has 0 bridgehead atoms. The van der Waals surface area contributed by atoms with Gasteiger partial charge in [-0.05, 0) is 76.8 Å². The normalized spacial score (nSPS) is 28.8. The molecule has 2 fully saturated rings. The Morgan fingerprint density at radius 2 is 2.13 bits per heavy atom. The van der Waals surface area contributed by atoms with Crippen molar-refractivity contribution in [2.24, 2.45) is 5.92 Å². The van der Waals surface area contributed by atoms with Crippen LogP contribution in [0.25, 0.3) is 11.0 Å². The minimum Gasteiger partial charge on any atom is -0.481 e. The van der Waals surface area contributed by atoms with E-state index >= 15 is 0 Å². The first-order valence-corrected chi connectivity index (χ1v) is 12.2. The predicted octanol–water partition coefficient (Wildman–Crippen LogP) is 5.10. The van der Waals surface area contributed by atoms with Crippen molar-refractivity contribution in [1.29, 1.82) is 0 Å². The van der Waals surface area contributed by atoms with Crippen LogP contribution in [0.3, 0.4) is 0 Å². The Morgan fingerprint density at radius 3 is 2.94 bits per heavy atom. The number of imidazole rings is 1. The summed E-state index contributed by atoms with van der Waals surface area (Å²) in [5, 5.41) is 13.3. The summed E-state index contributed by atoms with van der Waals surface area (Å²) >= 11 is 0. The Labute approximate surface area is 184 Å². The number of carboxylic acids is 1. The Morgan fingerprint density at radius 1 is 1.23 bits per heavy atom. The lowest BCUT2D eigenvalue weighted by molar-refractivity contribution is -0.143. The molecular formula is C25H35N3O3. The van der Waals surface area contributed by atoms with Gasteiger partial charge in [0.2, 0.25) is 0 Å². The Hall–Kier alpha value is -2.08. The highest BCUT2D eigenvalue weighted by Crippen LogP contribution is 2.39. The molecule has 6 nitrogen and oxygen atoms in total. The van der Waals surface area contributed by atoms with Crippen molar-refractivity contribution in [3.05, 3.63) is 23.5 Å². The highest BCUT2D eigenvalue weighted by molar-refractivity contribution is 5.86. The van der Waals surface area contributed by atoms with Crippen LogP contribution < -0.4 is 5.32 Å². The van der Waals surface area contributed by atoms with E-state index in [1.54, 1.807) is 0 Å². The lowest BCUT2D eigenvalue weighted by Crippen LogP contribution is -2.26. The van der Waals surface area contributed by atoms with Crippen molar-refractivity contribution < 1.29 is 14.6 Å². The van der Waals surface area contributed by atoms with Crippen molar-refractivity contribution in [1.82, 2.24) is 9.55 Å². The third kappa shape index (κ3) is 4.19. The van der Waals surface area contributed by atoms with Crippen molar-refractivity contribution in [3.8, 4) is 0 Å². The number of hydrogen-bond donors (Lipinski definition) is 2. The fourth-order valence-corrected chi connectivity index (χ4v) is 5.88. The number of nitrogens with one attached hydrogen (secondary N) is 1. The minimum atomic E-state index is -0.651. The Bertz CT molecular complexity index is 947. The molecule has 3 heterocycles. The van der Waals surface area contributed by atoms with Crippen LogP contribution in [-0.2, 0) is 22.4 Å². The number of ether oxygens (including phenoxy) is 1. The van der Waals surface area contributed by atoms with E-state index in [9.17, 15) is 9.90 Å². The number of carboxylic acid groups (broad SMARTS) is 1. The topological polar surface area (TPSA) is 76.4 Å². The van der Waals surface area contributed by atoms with E-state index < -0.39 is 5.97 Å². The molecule has 0 radical (unpaired) electrons. The molecule has 31 heavy (non-hydrogen) atoms. The second-order valence-corrected chi connectivity index (χ2v) is 9.82. The predicted molar refractivity (Wildman–Crippen MR) is 122 cm³/mol. The van der Waals surface area contributed by atoms with Crippen LogP contribution in [-0.4, -0.2) is 39.4 Å². The Balaban J connectivity index is 1.51. The number of rotatable bonds is 5. The van der Waals surface area contributed by atoms with E-state index in [4.69, 9.17) is 9.72 Å². The number of fused-ring (bicyclic) bond motifs is 3. The SMILES string of the molecule is CC1CCc2c(ccc3c2nc(CCC2CCCCO2)n3C2CCCC(C(=O)O)C2)N1. The van der Waals surface area contributed by atoms with E-state index in [2.05, 4.69) is 28.9 Å². The molecule has 1 saturated heterocycles. The second kappa shape index (κ2) is 8.81. The molecule has 6 heteroatoms. The quantitative estimate of drug-likeness (QED) is 0.697. The number of nitrogens with zero attached hydrogens (tertiary/aromatic N) is 2. The number of carbonyl (C=O) groups is 1. The van der Waals surface area contributed by atoms with Gasteiger partial charge in [0.15, 0.2) is 0 Å². The molecule has 1 aliphatic carbocycles. The van der Waals surface area contributed by atoms with Crippen LogP contribution in [0, 0.1) is 5.92 Å². The van der Waals surface area contributed by atoms with Crippen LogP contribution in [0.15, 0.2) is 12.1 Å². The number of aryl methyl sites for hydroxylation is 2. The van der Waals surface area contributed by atoms with E-state index in [0.717, 1.165) is 69.3 Å². The number of hydrogen-bond acceptors (Lipinski definition) is 4. The van der Waals surface area contributed by atoms with Gasteiger partial charge in [-0.1, -0.05) is 6.42 Å². The van der Waals surface area contributed by atoms with Crippen molar-refractivity contribution in [3.63, 3.8) is 0 Å². The molecule has 3 aliphatic rings. The van der Waals surface area contributed by atoms with Crippen LogP contribution in [0.4, 0.5) is 5.69 Å². The molecule has 4 unspecified atom stereocenters. The zero-order valence-corrected chi connectivity index (χ0v) is 18.6. The van der Waals surface area contributed by atoms with Gasteiger partial charge < -0.3 is 19.7 Å². The molecule has 0 amide bonds. The number of benzene rings is 1. The summed E-state index contributed by atoms with van der Waals surface area (Å²) in [4.78, 5) is 16.9. The van der Waals surface area contributed by atoms with Gasteiger partial charge >= 0.3 is 5.97 Å². The first-order valence-electron chi connectivity index (χ1n) is 12.2. The summed E-state index contributed by atoms with van der Waals surface area (Å²) in [6.07, 6.45) is 11.5. The molecule has 0 spiro atoms. The maximum atomic E-state index is 11.7. The summed E-state index contributed by atoms with van der Waals surface area (Å²) in [6.45, 7) is 3.11. The molecular weight excluding hydrogens is 390 g/mol. The van der Waals surface area contributed by atoms with E-state index in [1.165, 1.54) is 29.6 Å². The van der Waals surface area contributed by atoms with Crippen LogP contribution in [0.5, 0.6) is 0 Å². The summed E-state index contributed by atoms with van der Waals surface area (Å²) < 4.78 is 8.39. The van der Waals surface area contributed by atoms with Gasteiger partial charge in [0.1, 0.15) is 5.82 Å². The second-order valence-electron chi connectivity index (χ2n) is 9.82. The highest BCUT2D eigenvalue weighted by Gasteiger charge is 2.31. The average molecular weight is 426 g/mol. The maximum Gasteiger partial charge on any atom is 0.306 e. The smallest absolute Gasteiger partial charge is 0.306 e. The summed E-state index contributed by atoms with van der Waals surface area (Å²) in [5.74, 6) is 0.222. The first kappa shape index (κ1) is 20.8. The van der Waals surface area contributed by atoms with Gasteiger partial charge in [-0.15, -0.1) is 0 Å². The van der Waals surface area contributed by atoms with Gasteiger partial charge in [-0.3, -0.25) is 4.79 Å². The fourth-order valence-electron chi connectivity index (χ4n) is 5.88. The van der Waals surface area contributed by atoms with Crippen molar-refractivity contribution >= 4 is 22.7 Å². The first-order chi connectivity index (χ1) is 15.1. The van der Waals surface area contributed by atoms with Gasteiger partial charge in [-0.2, -0.15) is 0 Å². The fraction of sp³-hybridized carbons (Fsp3) is 0.680. The van der Waals surface area contributed by atoms with Crippen LogP contribution in [0.2, 0.25) is 0 Å². The maximum absolute atomic E-state index is 11.7. The number of anilines is 1. The van der Waals surface area contributed by atoms with E-state index in [-0.39, 0.29) is 12.0 Å². The van der Waals surface area contributed by atoms with Crippen molar-refractivity contribution in [2.45, 2.75) is 95.7 Å². The monoisotopic (exact) mass is 425 g/mol. The Kier molecular flexibility index (Phi) is 5.91. The molecule has 2 N–H and O–H groups in total. The lowest BCUT2D eigenvalue weighted by atomic mass is 9.85. The molecule has 4 atom stereocenters. The largest absolute Gasteiger partial charge is 0.481 e. The third-order valence-corrected chi connectivity index (χ3v) is 7.59. The van der Waals surface area contributed by atoms with Gasteiger partial charge in [0.25, 0.3) is 0 Å². The molecule has 1 aromatic heterocycles. The molecule has 2 aliphatic heterocycles. The van der Waals surface area contributed by atoms with Gasteiger partial charge in [0.05, 0.1) is 23.1 Å². The van der Waals surface area contributed by atoms with Gasteiger partial charge in [-0.25, -0.2) is 4.98 Å². The standard InChI is InChI=1S/C25H35N3O3/c1-16-8-10-20-21(26-16)11-12-22-24(20)27-23(13-9-19-7-2-3-14-31-19)28(22)18-6-4-5-17(15-18)25(29)30/h11-12,16-19,26H,2-10,13-15H2,1H3,(H,29,30). The van der Waals surface area contributed by atoms with E-state index in [0.29, 0.717) is 18.6 Å². The molecule has 1 saturated carbocycles.